The van der Waals surface area contributed by atoms with Gasteiger partial charge in [-0.15, -0.1) is 0 Å². The van der Waals surface area contributed by atoms with Gasteiger partial charge < -0.3 is 9.80 Å². The number of hydrogen-bond donors (Lipinski definition) is 0. The van der Waals surface area contributed by atoms with Crippen molar-refractivity contribution in [1.82, 2.24) is 4.90 Å². The van der Waals surface area contributed by atoms with E-state index in [0.29, 0.717) is 0 Å². The first-order valence-electron chi connectivity index (χ1n) is 6.69. The van der Waals surface area contributed by atoms with Gasteiger partial charge in [-0.2, -0.15) is 5.26 Å². The van der Waals surface area contributed by atoms with E-state index in [9.17, 15) is 5.26 Å². The van der Waals surface area contributed by atoms with Gasteiger partial charge in [-0.05, 0) is 51.1 Å². The molecular weight excluding hydrogens is 302 g/mol. The quantitative estimate of drug-likeness (QED) is 0.857. The molecule has 3 nitrogen and oxygen atoms in total. The number of rotatable bonds is 3. The molecule has 2 rings (SSSR count). The summed E-state index contributed by atoms with van der Waals surface area (Å²) in [5.41, 5.74) is 1.84. The average molecular weight is 322 g/mol. The Labute approximate surface area is 123 Å². The van der Waals surface area contributed by atoms with Gasteiger partial charge in [0, 0.05) is 24.1 Å². The van der Waals surface area contributed by atoms with E-state index in [2.05, 4.69) is 52.0 Å². The van der Waals surface area contributed by atoms with Crippen LogP contribution in [0.15, 0.2) is 22.7 Å². The SMILES string of the molecule is CN(C)CC1CCN(c2cc(Br)ccc2C#N)CC1. The minimum absolute atomic E-state index is 0.772. The number of anilines is 1. The molecule has 1 fully saturated rings. The fraction of sp³-hybridized carbons (Fsp3) is 0.533. The molecule has 0 aliphatic carbocycles. The van der Waals surface area contributed by atoms with Crippen LogP contribution in [0.1, 0.15) is 18.4 Å². The monoisotopic (exact) mass is 321 g/mol. The van der Waals surface area contributed by atoms with Gasteiger partial charge in [0.15, 0.2) is 0 Å². The Morgan fingerprint density at radius 1 is 1.37 bits per heavy atom. The van der Waals surface area contributed by atoms with Crippen molar-refractivity contribution in [1.29, 1.82) is 5.26 Å². The Balaban J connectivity index is 2.05. The molecule has 0 N–H and O–H groups in total. The summed E-state index contributed by atoms with van der Waals surface area (Å²) in [6.07, 6.45) is 2.41. The van der Waals surface area contributed by atoms with Crippen LogP contribution in [0.4, 0.5) is 5.69 Å². The average Bonchev–Trinajstić information content (AvgIpc) is 2.39. The lowest BCUT2D eigenvalue weighted by molar-refractivity contribution is 0.285. The second-order valence-electron chi connectivity index (χ2n) is 5.47. The van der Waals surface area contributed by atoms with E-state index in [-0.39, 0.29) is 0 Å². The van der Waals surface area contributed by atoms with Crippen LogP contribution in [0.25, 0.3) is 0 Å². The zero-order valence-corrected chi connectivity index (χ0v) is 13.2. The molecule has 4 heteroatoms. The van der Waals surface area contributed by atoms with Gasteiger partial charge in [-0.1, -0.05) is 15.9 Å². The molecule has 1 aromatic rings. The van der Waals surface area contributed by atoms with Gasteiger partial charge in [0.1, 0.15) is 6.07 Å². The molecule has 0 radical (unpaired) electrons. The fourth-order valence-electron chi connectivity index (χ4n) is 2.73. The molecule has 102 valence electrons. The number of halogens is 1. The summed E-state index contributed by atoms with van der Waals surface area (Å²) in [7, 11) is 4.27. The maximum absolute atomic E-state index is 9.21. The first-order valence-corrected chi connectivity index (χ1v) is 7.49. The Kier molecular flexibility index (Phi) is 4.84. The third-order valence-corrected chi connectivity index (χ3v) is 4.15. The molecule has 0 atom stereocenters. The lowest BCUT2D eigenvalue weighted by Crippen LogP contribution is -2.37. The van der Waals surface area contributed by atoms with E-state index in [1.54, 1.807) is 0 Å². The number of benzene rings is 1. The Morgan fingerprint density at radius 3 is 2.63 bits per heavy atom. The van der Waals surface area contributed by atoms with Crippen molar-refractivity contribution in [2.24, 2.45) is 5.92 Å². The first kappa shape index (κ1) is 14.4. The highest BCUT2D eigenvalue weighted by Crippen LogP contribution is 2.29. The van der Waals surface area contributed by atoms with Gasteiger partial charge in [0.2, 0.25) is 0 Å². The van der Waals surface area contributed by atoms with E-state index in [1.807, 2.05) is 12.1 Å². The number of nitrogens with zero attached hydrogens (tertiary/aromatic N) is 3. The second-order valence-corrected chi connectivity index (χ2v) is 6.38. The first-order chi connectivity index (χ1) is 9.10. The smallest absolute Gasteiger partial charge is 0.101 e. The van der Waals surface area contributed by atoms with Crippen LogP contribution in [0.5, 0.6) is 0 Å². The highest BCUT2D eigenvalue weighted by atomic mass is 79.9. The second kappa shape index (κ2) is 6.40. The van der Waals surface area contributed by atoms with E-state index in [1.165, 1.54) is 12.8 Å². The van der Waals surface area contributed by atoms with Gasteiger partial charge in [-0.25, -0.2) is 0 Å². The van der Waals surface area contributed by atoms with Crippen LogP contribution >= 0.6 is 15.9 Å². The molecule has 1 aromatic carbocycles. The molecule has 1 aliphatic heterocycles. The predicted molar refractivity (Wildman–Crippen MR) is 82.3 cm³/mol. The zero-order chi connectivity index (χ0) is 13.8. The number of piperidine rings is 1. The van der Waals surface area contributed by atoms with Gasteiger partial charge in [0.25, 0.3) is 0 Å². The molecule has 0 aromatic heterocycles. The minimum Gasteiger partial charge on any atom is -0.370 e. The largest absolute Gasteiger partial charge is 0.370 e. The maximum Gasteiger partial charge on any atom is 0.101 e. The molecule has 0 unspecified atom stereocenters. The van der Waals surface area contributed by atoms with E-state index in [0.717, 1.165) is 41.3 Å². The topological polar surface area (TPSA) is 30.3 Å². The molecule has 0 bridgehead atoms. The van der Waals surface area contributed by atoms with Crippen LogP contribution in [-0.2, 0) is 0 Å². The molecule has 1 aliphatic rings. The lowest BCUT2D eigenvalue weighted by atomic mass is 9.95. The van der Waals surface area contributed by atoms with Gasteiger partial charge >= 0.3 is 0 Å². The summed E-state index contributed by atoms with van der Waals surface area (Å²) in [5, 5.41) is 9.21. The Morgan fingerprint density at radius 2 is 2.05 bits per heavy atom. The molecule has 19 heavy (non-hydrogen) atoms. The van der Waals surface area contributed by atoms with Crippen LogP contribution in [0.3, 0.4) is 0 Å². The summed E-state index contributed by atoms with van der Waals surface area (Å²) in [4.78, 5) is 4.61. The third-order valence-electron chi connectivity index (χ3n) is 3.66. The third kappa shape index (κ3) is 3.71. The van der Waals surface area contributed by atoms with E-state index < -0.39 is 0 Å². The highest BCUT2D eigenvalue weighted by Gasteiger charge is 2.21. The van der Waals surface area contributed by atoms with Crippen molar-refractivity contribution in [3.8, 4) is 6.07 Å². The normalized spacial score (nSPS) is 16.7. The van der Waals surface area contributed by atoms with Crippen LogP contribution in [0, 0.1) is 17.2 Å². The molecule has 0 amide bonds. The summed E-state index contributed by atoms with van der Waals surface area (Å²) in [6.45, 7) is 3.25. The lowest BCUT2D eigenvalue weighted by Gasteiger charge is -2.35. The number of nitriles is 1. The maximum atomic E-state index is 9.21. The van der Waals surface area contributed by atoms with E-state index >= 15 is 0 Å². The van der Waals surface area contributed by atoms with Crippen molar-refractivity contribution in [3.05, 3.63) is 28.2 Å². The highest BCUT2D eigenvalue weighted by molar-refractivity contribution is 9.10. The van der Waals surface area contributed by atoms with Gasteiger partial charge in [0.05, 0.1) is 11.3 Å². The Hall–Kier alpha value is -1.05. The van der Waals surface area contributed by atoms with Crippen LogP contribution in [-0.4, -0.2) is 38.6 Å². The molecule has 1 saturated heterocycles. The van der Waals surface area contributed by atoms with E-state index in [4.69, 9.17) is 0 Å². The minimum atomic E-state index is 0.772. The molecule has 1 heterocycles. The van der Waals surface area contributed by atoms with Crippen molar-refractivity contribution in [2.75, 3.05) is 38.6 Å². The van der Waals surface area contributed by atoms with Crippen molar-refractivity contribution in [3.63, 3.8) is 0 Å². The number of hydrogen-bond acceptors (Lipinski definition) is 3. The summed E-state index contributed by atoms with van der Waals surface area (Å²) in [6, 6.07) is 8.18. The molecular formula is C15H20BrN3. The Bertz CT molecular complexity index is 471. The molecule has 0 spiro atoms. The molecule has 0 saturated carbocycles. The predicted octanol–water partition coefficient (Wildman–Crippen LogP) is 3.10. The van der Waals surface area contributed by atoms with Crippen molar-refractivity contribution in [2.45, 2.75) is 12.8 Å². The standard InChI is InChI=1S/C15H20BrN3/c1-18(2)11-12-5-7-19(8-6-12)15-9-14(16)4-3-13(15)10-17/h3-4,9,12H,5-8,11H2,1-2H3. The summed E-state index contributed by atoms with van der Waals surface area (Å²) in [5.74, 6) is 0.781. The summed E-state index contributed by atoms with van der Waals surface area (Å²) < 4.78 is 1.04. The van der Waals surface area contributed by atoms with Gasteiger partial charge in [-0.3, -0.25) is 0 Å². The summed E-state index contributed by atoms with van der Waals surface area (Å²) >= 11 is 3.49. The van der Waals surface area contributed by atoms with Crippen molar-refractivity contribution < 1.29 is 0 Å². The van der Waals surface area contributed by atoms with Crippen LogP contribution < -0.4 is 4.90 Å². The van der Waals surface area contributed by atoms with Crippen molar-refractivity contribution >= 4 is 21.6 Å². The zero-order valence-electron chi connectivity index (χ0n) is 11.6. The fourth-order valence-corrected chi connectivity index (χ4v) is 3.08. The van der Waals surface area contributed by atoms with Crippen LogP contribution in [0.2, 0.25) is 0 Å².